The Morgan fingerprint density at radius 2 is 1.52 bits per heavy atom. The highest BCUT2D eigenvalue weighted by Gasteiger charge is 2.13. The van der Waals surface area contributed by atoms with Crippen LogP contribution in [0.15, 0.2) is 71.5 Å². The lowest BCUT2D eigenvalue weighted by molar-refractivity contribution is 0.795. The molecule has 1 aliphatic carbocycles. The summed E-state index contributed by atoms with van der Waals surface area (Å²) in [5.41, 5.74) is 5.99. The lowest BCUT2D eigenvalue weighted by atomic mass is 10.0. The van der Waals surface area contributed by atoms with Gasteiger partial charge >= 0.3 is 0 Å². The Labute approximate surface area is 168 Å². The maximum atomic E-state index is 2.37. The molecule has 2 aromatic rings. The second-order valence-electron chi connectivity index (χ2n) is 7.59. The third-order valence-electron chi connectivity index (χ3n) is 5.37. The van der Waals surface area contributed by atoms with Gasteiger partial charge in [-0.05, 0) is 55.2 Å². The van der Waals surface area contributed by atoms with Gasteiger partial charge in [-0.3, -0.25) is 0 Å². The average molecular weight is 373 g/mol. The molecule has 0 unspecified atom stereocenters. The van der Waals surface area contributed by atoms with Crippen molar-refractivity contribution in [3.05, 3.63) is 88.1 Å². The van der Waals surface area contributed by atoms with Gasteiger partial charge < -0.3 is 0 Å². The molecule has 0 bridgehead atoms. The molecule has 0 spiro atoms. The number of hydrogen-bond acceptors (Lipinski definition) is 0. The van der Waals surface area contributed by atoms with Crippen LogP contribution >= 0.6 is 0 Å². The van der Waals surface area contributed by atoms with Crippen molar-refractivity contribution in [2.45, 2.75) is 65.2 Å². The molecule has 140 valence electrons. The van der Waals surface area contributed by atoms with Crippen LogP contribution in [0.25, 0.3) is 0 Å². The average Bonchev–Trinajstić information content (AvgIpc) is 3.14. The molecule has 0 nitrogen and oxygen atoms in total. The fourth-order valence-corrected chi connectivity index (χ4v) is 5.09. The van der Waals surface area contributed by atoms with E-state index in [-0.39, 0.29) is 0 Å². The maximum Gasteiger partial charge on any atom is 0.117 e. The first-order chi connectivity index (χ1) is 13.3. The lowest BCUT2D eigenvalue weighted by Gasteiger charge is -2.12. The minimum atomic E-state index is 0.815. The normalized spacial score (nSPS) is 13.6. The zero-order valence-electron chi connectivity index (χ0n) is 16.9. The molecular formula is C26H32Si. The summed E-state index contributed by atoms with van der Waals surface area (Å²) in [7, 11) is 0.815. The summed E-state index contributed by atoms with van der Waals surface area (Å²) in [6.07, 6.45) is 14.5. The highest BCUT2D eigenvalue weighted by atomic mass is 28.2. The molecule has 0 atom stereocenters. The fraction of sp³-hybridized carbons (Fsp3) is 0.385. The molecule has 2 radical (unpaired) electrons. The van der Waals surface area contributed by atoms with E-state index in [4.69, 9.17) is 0 Å². The van der Waals surface area contributed by atoms with Gasteiger partial charge in [-0.2, -0.15) is 0 Å². The molecule has 2 aromatic carbocycles. The first kappa shape index (κ1) is 19.9. The second kappa shape index (κ2) is 10.5. The molecular weight excluding hydrogens is 340 g/mol. The number of rotatable bonds is 10. The summed E-state index contributed by atoms with van der Waals surface area (Å²) in [6, 6.07) is 18.4. The predicted molar refractivity (Wildman–Crippen MR) is 120 cm³/mol. The van der Waals surface area contributed by atoms with Gasteiger partial charge in [-0.25, -0.2) is 0 Å². The first-order valence-corrected chi connectivity index (χ1v) is 11.6. The van der Waals surface area contributed by atoms with E-state index in [1.807, 2.05) is 0 Å². The van der Waals surface area contributed by atoms with Crippen LogP contribution in [-0.2, 0) is 12.8 Å². The zero-order chi connectivity index (χ0) is 18.9. The van der Waals surface area contributed by atoms with Crippen LogP contribution in [0.3, 0.4) is 0 Å². The Hall–Kier alpha value is -1.86. The zero-order valence-corrected chi connectivity index (χ0v) is 17.9. The molecule has 0 aromatic heterocycles. The number of unbranched alkanes of at least 4 members (excludes halogenated alkanes) is 2. The molecule has 1 aliphatic rings. The molecule has 0 aliphatic heterocycles. The van der Waals surface area contributed by atoms with Crippen molar-refractivity contribution < 1.29 is 0 Å². The summed E-state index contributed by atoms with van der Waals surface area (Å²) >= 11 is 0. The van der Waals surface area contributed by atoms with Crippen LogP contribution in [0.5, 0.6) is 0 Å². The van der Waals surface area contributed by atoms with E-state index in [2.05, 4.69) is 74.5 Å². The van der Waals surface area contributed by atoms with Crippen molar-refractivity contribution in [2.75, 3.05) is 0 Å². The SMILES string of the molecule is CCCCC1=C([Si]c2ccccc2Cc2ccc(CCCC)cc2)CC=C1. The quantitative estimate of drug-likeness (QED) is 0.426. The van der Waals surface area contributed by atoms with Crippen LogP contribution in [-0.4, -0.2) is 9.52 Å². The lowest BCUT2D eigenvalue weighted by Crippen LogP contribution is -2.21. The van der Waals surface area contributed by atoms with Gasteiger partial charge in [0.05, 0.1) is 0 Å². The minimum absolute atomic E-state index is 0.815. The standard InChI is InChI=1S/C26H32Si/c1-3-5-10-21-16-18-22(19-17-21)20-24-12-7-8-14-26(24)27-25-15-9-13-23(25)11-6-4-2/h7-9,12-14,16-19H,3-6,10-11,15,20H2,1-2H3. The molecule has 0 saturated heterocycles. The molecule has 1 heteroatoms. The Bertz CT molecular complexity index is 780. The van der Waals surface area contributed by atoms with E-state index in [9.17, 15) is 0 Å². The van der Waals surface area contributed by atoms with E-state index in [1.54, 1.807) is 10.8 Å². The highest BCUT2D eigenvalue weighted by Crippen LogP contribution is 2.23. The van der Waals surface area contributed by atoms with Gasteiger partial charge in [-0.1, -0.05) is 103 Å². The van der Waals surface area contributed by atoms with E-state index in [0.29, 0.717) is 0 Å². The van der Waals surface area contributed by atoms with Crippen molar-refractivity contribution in [1.82, 2.24) is 0 Å². The Kier molecular flexibility index (Phi) is 7.71. The van der Waals surface area contributed by atoms with Crippen molar-refractivity contribution >= 4 is 14.7 Å². The fourth-order valence-electron chi connectivity index (χ4n) is 3.67. The summed E-state index contributed by atoms with van der Waals surface area (Å²) in [5, 5.41) is 3.19. The second-order valence-corrected chi connectivity index (χ2v) is 8.99. The number of allylic oxidation sites excluding steroid dienone is 4. The van der Waals surface area contributed by atoms with Crippen molar-refractivity contribution in [2.24, 2.45) is 0 Å². The van der Waals surface area contributed by atoms with Crippen LogP contribution in [0.2, 0.25) is 0 Å². The van der Waals surface area contributed by atoms with Crippen molar-refractivity contribution in [1.29, 1.82) is 0 Å². The monoisotopic (exact) mass is 372 g/mol. The highest BCUT2D eigenvalue weighted by molar-refractivity contribution is 6.61. The third kappa shape index (κ3) is 5.81. The van der Waals surface area contributed by atoms with Gasteiger partial charge in [0.1, 0.15) is 9.52 Å². The van der Waals surface area contributed by atoms with E-state index < -0.39 is 0 Å². The van der Waals surface area contributed by atoms with Crippen LogP contribution in [0.1, 0.15) is 69.1 Å². The Balaban J connectivity index is 1.71. The topological polar surface area (TPSA) is 0 Å². The predicted octanol–water partition coefficient (Wildman–Crippen LogP) is 6.35. The Morgan fingerprint density at radius 3 is 2.30 bits per heavy atom. The molecule has 0 amide bonds. The molecule has 0 saturated carbocycles. The number of benzene rings is 2. The molecule has 0 heterocycles. The van der Waals surface area contributed by atoms with Crippen LogP contribution < -0.4 is 5.19 Å². The van der Waals surface area contributed by atoms with E-state index >= 15 is 0 Å². The maximum absolute atomic E-state index is 2.37. The van der Waals surface area contributed by atoms with Gasteiger partial charge in [0.15, 0.2) is 0 Å². The molecule has 0 fully saturated rings. The molecule has 0 N–H and O–H groups in total. The molecule has 3 rings (SSSR count). The van der Waals surface area contributed by atoms with Crippen molar-refractivity contribution in [3.8, 4) is 0 Å². The van der Waals surface area contributed by atoms with Crippen LogP contribution in [0.4, 0.5) is 0 Å². The summed E-state index contributed by atoms with van der Waals surface area (Å²) in [5.74, 6) is 0. The van der Waals surface area contributed by atoms with Crippen molar-refractivity contribution in [3.63, 3.8) is 0 Å². The van der Waals surface area contributed by atoms with Gasteiger partial charge in [-0.15, -0.1) is 0 Å². The first-order valence-electron chi connectivity index (χ1n) is 10.6. The minimum Gasteiger partial charge on any atom is -0.0806 e. The van der Waals surface area contributed by atoms with Gasteiger partial charge in [0.25, 0.3) is 0 Å². The number of aryl methyl sites for hydroxylation is 1. The molecule has 27 heavy (non-hydrogen) atoms. The van der Waals surface area contributed by atoms with Crippen LogP contribution in [0, 0.1) is 0 Å². The summed E-state index contributed by atoms with van der Waals surface area (Å²) in [4.78, 5) is 0. The summed E-state index contributed by atoms with van der Waals surface area (Å²) in [6.45, 7) is 4.54. The smallest absolute Gasteiger partial charge is 0.0806 e. The van der Waals surface area contributed by atoms with E-state index in [1.165, 1.54) is 60.4 Å². The number of hydrogen-bond donors (Lipinski definition) is 0. The summed E-state index contributed by atoms with van der Waals surface area (Å²) < 4.78 is 0. The largest absolute Gasteiger partial charge is 0.117 e. The van der Waals surface area contributed by atoms with Gasteiger partial charge in [0.2, 0.25) is 0 Å². The van der Waals surface area contributed by atoms with E-state index in [0.717, 1.165) is 22.4 Å². The van der Waals surface area contributed by atoms with Gasteiger partial charge in [0, 0.05) is 0 Å². The Morgan fingerprint density at radius 1 is 0.815 bits per heavy atom. The third-order valence-corrected chi connectivity index (χ3v) is 6.95.